The number of nitrogens with zero attached hydrogens (tertiary/aromatic N) is 3. The molecule has 0 spiro atoms. The topological polar surface area (TPSA) is 42.3 Å². The van der Waals surface area contributed by atoms with E-state index in [1.165, 1.54) is 25.8 Å². The van der Waals surface area contributed by atoms with Crippen molar-refractivity contribution in [3.05, 3.63) is 0 Å². The first-order chi connectivity index (χ1) is 9.43. The molecular weight excluding hydrogens is 248 g/mol. The van der Waals surface area contributed by atoms with Gasteiger partial charge in [-0.3, -0.25) is 5.32 Å². The fourth-order valence-corrected chi connectivity index (χ4v) is 4.07. The fourth-order valence-electron chi connectivity index (χ4n) is 4.07. The van der Waals surface area contributed by atoms with Crippen LogP contribution in [-0.4, -0.2) is 60.6 Å². The Bertz CT molecular complexity index is 362. The second-order valence-electron chi connectivity index (χ2n) is 7.22. The van der Waals surface area contributed by atoms with Gasteiger partial charge in [-0.25, -0.2) is 0 Å². The molecule has 1 N–H and O–H groups in total. The molecule has 3 unspecified atom stereocenters. The molecule has 114 valence electrons. The van der Waals surface area contributed by atoms with Gasteiger partial charge in [-0.15, -0.1) is 0 Å². The van der Waals surface area contributed by atoms with Crippen molar-refractivity contribution in [2.45, 2.75) is 57.7 Å². The third kappa shape index (κ3) is 3.72. The van der Waals surface area contributed by atoms with E-state index in [4.69, 9.17) is 0 Å². The zero-order valence-corrected chi connectivity index (χ0v) is 13.5. The van der Waals surface area contributed by atoms with Crippen LogP contribution in [0.1, 0.15) is 40.0 Å². The molecule has 2 saturated heterocycles. The van der Waals surface area contributed by atoms with Crippen LogP contribution in [0.4, 0.5) is 0 Å². The smallest absolute Gasteiger partial charge is 0.116 e. The highest BCUT2D eigenvalue weighted by atomic mass is 15.2. The summed E-state index contributed by atoms with van der Waals surface area (Å²) >= 11 is 0. The van der Waals surface area contributed by atoms with Crippen LogP contribution in [0, 0.1) is 17.2 Å². The number of nitrogens with one attached hydrogen (secondary N) is 1. The summed E-state index contributed by atoms with van der Waals surface area (Å²) in [6, 6.07) is 3.59. The van der Waals surface area contributed by atoms with E-state index in [0.717, 1.165) is 31.6 Å². The maximum Gasteiger partial charge on any atom is 0.116 e. The normalized spacial score (nSPS) is 31.6. The standard InChI is InChI=1S/C16H30N4/c1-13(2)18-16(3,11-17)12-20-9-7-15-14(10-20)6-5-8-19(15)4/h13-15,18H,5-10,12H2,1-4H3. The summed E-state index contributed by atoms with van der Waals surface area (Å²) in [5, 5.41) is 12.9. The Kier molecular flexibility index (Phi) is 5.06. The summed E-state index contributed by atoms with van der Waals surface area (Å²) in [6.07, 6.45) is 3.93. The summed E-state index contributed by atoms with van der Waals surface area (Å²) in [5.74, 6) is 0.796. The van der Waals surface area contributed by atoms with Crippen LogP contribution in [-0.2, 0) is 0 Å². The molecule has 0 radical (unpaired) electrons. The van der Waals surface area contributed by atoms with Gasteiger partial charge in [0.1, 0.15) is 5.54 Å². The minimum absolute atomic E-state index is 0.345. The van der Waals surface area contributed by atoms with Gasteiger partial charge in [0.05, 0.1) is 6.07 Å². The Morgan fingerprint density at radius 2 is 2.10 bits per heavy atom. The largest absolute Gasteiger partial charge is 0.303 e. The lowest BCUT2D eigenvalue weighted by atomic mass is 9.83. The van der Waals surface area contributed by atoms with Gasteiger partial charge < -0.3 is 9.80 Å². The summed E-state index contributed by atoms with van der Waals surface area (Å²) in [4.78, 5) is 5.04. The third-order valence-corrected chi connectivity index (χ3v) is 4.82. The fraction of sp³-hybridized carbons (Fsp3) is 0.938. The van der Waals surface area contributed by atoms with E-state index in [2.05, 4.69) is 42.1 Å². The Balaban J connectivity index is 1.93. The second kappa shape index (κ2) is 6.43. The summed E-state index contributed by atoms with van der Waals surface area (Å²) in [5.41, 5.74) is -0.429. The van der Waals surface area contributed by atoms with E-state index in [1.807, 2.05) is 6.92 Å². The van der Waals surface area contributed by atoms with Crippen molar-refractivity contribution in [1.82, 2.24) is 15.1 Å². The molecule has 0 aliphatic carbocycles. The zero-order chi connectivity index (χ0) is 14.8. The van der Waals surface area contributed by atoms with E-state index in [9.17, 15) is 5.26 Å². The average molecular weight is 278 g/mol. The molecule has 4 nitrogen and oxygen atoms in total. The summed E-state index contributed by atoms with van der Waals surface area (Å²) in [6.45, 7) is 10.6. The highest BCUT2D eigenvalue weighted by Gasteiger charge is 2.36. The van der Waals surface area contributed by atoms with Gasteiger partial charge in [0.25, 0.3) is 0 Å². The number of fused-ring (bicyclic) bond motifs is 1. The quantitative estimate of drug-likeness (QED) is 0.849. The monoisotopic (exact) mass is 278 g/mol. The van der Waals surface area contributed by atoms with E-state index in [0.29, 0.717) is 6.04 Å². The molecule has 2 heterocycles. The van der Waals surface area contributed by atoms with Crippen molar-refractivity contribution >= 4 is 0 Å². The predicted molar refractivity (Wildman–Crippen MR) is 82.5 cm³/mol. The van der Waals surface area contributed by atoms with Crippen LogP contribution < -0.4 is 5.32 Å². The first kappa shape index (κ1) is 15.8. The summed E-state index contributed by atoms with van der Waals surface area (Å²) < 4.78 is 0. The van der Waals surface area contributed by atoms with Gasteiger partial charge in [-0.1, -0.05) is 0 Å². The molecule has 2 rings (SSSR count). The van der Waals surface area contributed by atoms with Gasteiger partial charge >= 0.3 is 0 Å². The molecule has 3 atom stereocenters. The van der Waals surface area contributed by atoms with Crippen LogP contribution in [0.5, 0.6) is 0 Å². The molecule has 0 aromatic carbocycles. The lowest BCUT2D eigenvalue weighted by Gasteiger charge is -2.47. The molecule has 2 aliphatic rings. The Morgan fingerprint density at radius 3 is 2.75 bits per heavy atom. The molecule has 2 fully saturated rings. The van der Waals surface area contributed by atoms with Crippen LogP contribution in [0.25, 0.3) is 0 Å². The predicted octanol–water partition coefficient (Wildman–Crippen LogP) is 1.68. The molecule has 0 amide bonds. The van der Waals surface area contributed by atoms with Crippen molar-refractivity contribution in [2.75, 3.05) is 33.2 Å². The first-order valence-corrected chi connectivity index (χ1v) is 8.05. The average Bonchev–Trinajstić information content (AvgIpc) is 2.38. The van der Waals surface area contributed by atoms with Crippen LogP contribution in [0.2, 0.25) is 0 Å². The van der Waals surface area contributed by atoms with Gasteiger partial charge in [-0.2, -0.15) is 5.26 Å². The minimum atomic E-state index is -0.429. The van der Waals surface area contributed by atoms with Gasteiger partial charge in [-0.05, 0) is 66.1 Å². The molecule has 0 saturated carbocycles. The maximum absolute atomic E-state index is 9.49. The maximum atomic E-state index is 9.49. The van der Waals surface area contributed by atoms with E-state index in [-0.39, 0.29) is 0 Å². The molecule has 0 aromatic heterocycles. The molecule has 0 aromatic rings. The second-order valence-corrected chi connectivity index (χ2v) is 7.22. The van der Waals surface area contributed by atoms with Gasteiger partial charge in [0.2, 0.25) is 0 Å². The van der Waals surface area contributed by atoms with E-state index in [1.54, 1.807) is 0 Å². The van der Waals surface area contributed by atoms with E-state index < -0.39 is 5.54 Å². The molecule has 4 heteroatoms. The molecular formula is C16H30N4. The Labute approximate surface area is 124 Å². The van der Waals surface area contributed by atoms with Gasteiger partial charge in [0, 0.05) is 25.2 Å². The number of likely N-dealkylation sites (tertiary alicyclic amines) is 2. The first-order valence-electron chi connectivity index (χ1n) is 8.05. The minimum Gasteiger partial charge on any atom is -0.303 e. The van der Waals surface area contributed by atoms with Crippen molar-refractivity contribution in [2.24, 2.45) is 5.92 Å². The Hall–Kier alpha value is -0.630. The van der Waals surface area contributed by atoms with Crippen LogP contribution in [0.15, 0.2) is 0 Å². The number of piperidine rings is 2. The lowest BCUT2D eigenvalue weighted by Crippen LogP contribution is -2.58. The molecule has 0 bridgehead atoms. The van der Waals surface area contributed by atoms with Gasteiger partial charge in [0.15, 0.2) is 0 Å². The molecule has 2 aliphatic heterocycles. The van der Waals surface area contributed by atoms with Crippen molar-refractivity contribution in [3.63, 3.8) is 0 Å². The van der Waals surface area contributed by atoms with Crippen LogP contribution >= 0.6 is 0 Å². The Morgan fingerprint density at radius 1 is 1.35 bits per heavy atom. The lowest BCUT2D eigenvalue weighted by molar-refractivity contribution is 0.0313. The number of hydrogen-bond acceptors (Lipinski definition) is 4. The molecule has 20 heavy (non-hydrogen) atoms. The summed E-state index contributed by atoms with van der Waals surface area (Å²) in [7, 11) is 2.27. The van der Waals surface area contributed by atoms with E-state index >= 15 is 0 Å². The van der Waals surface area contributed by atoms with Crippen LogP contribution in [0.3, 0.4) is 0 Å². The zero-order valence-electron chi connectivity index (χ0n) is 13.5. The highest BCUT2D eigenvalue weighted by Crippen LogP contribution is 2.30. The van der Waals surface area contributed by atoms with Crippen molar-refractivity contribution in [3.8, 4) is 6.07 Å². The SMILES string of the molecule is CC(C)NC(C)(C#N)CN1CCC2C(CCCN2C)C1. The number of rotatable bonds is 4. The third-order valence-electron chi connectivity index (χ3n) is 4.82. The number of nitriles is 1. The highest BCUT2D eigenvalue weighted by molar-refractivity contribution is 5.07. The van der Waals surface area contributed by atoms with Crippen molar-refractivity contribution < 1.29 is 0 Å². The number of hydrogen-bond donors (Lipinski definition) is 1. The van der Waals surface area contributed by atoms with Crippen molar-refractivity contribution in [1.29, 1.82) is 5.26 Å².